The van der Waals surface area contributed by atoms with Gasteiger partial charge in [0.2, 0.25) is 0 Å². The quantitative estimate of drug-likeness (QED) is 0.661. The number of thiophene rings is 1. The van der Waals surface area contributed by atoms with Crippen LogP contribution < -0.4 is 10.6 Å². The molecule has 0 aliphatic heterocycles. The number of hydrogen-bond donors (Lipinski definition) is 2. The Morgan fingerprint density at radius 3 is 2.62 bits per heavy atom. The second-order valence-electron chi connectivity index (χ2n) is 6.09. The maximum absolute atomic E-state index is 12.2. The molecule has 1 unspecified atom stereocenters. The largest absolute Gasteiger partial charge is 0.336 e. The molecule has 5 nitrogen and oxygen atoms in total. The standard InChI is InChI=1S/C19H21ClN4OS/c1-13-10-14(2)24(23-13)17(18-4-3-9-26-18)12-22-19(25)21-11-15-5-7-16(20)8-6-15/h3-10,17H,11-12H2,1-2H3,(H2,21,22,25). The summed E-state index contributed by atoms with van der Waals surface area (Å²) in [5, 5.41) is 13.1. The number of aromatic nitrogens is 2. The molecule has 0 spiro atoms. The molecular formula is C19H21ClN4OS. The van der Waals surface area contributed by atoms with E-state index in [1.165, 1.54) is 0 Å². The van der Waals surface area contributed by atoms with E-state index in [1.807, 2.05) is 60.3 Å². The van der Waals surface area contributed by atoms with Gasteiger partial charge in [-0.15, -0.1) is 11.3 Å². The van der Waals surface area contributed by atoms with Crippen LogP contribution in [0.5, 0.6) is 0 Å². The molecule has 136 valence electrons. The lowest BCUT2D eigenvalue weighted by atomic mass is 10.2. The van der Waals surface area contributed by atoms with E-state index in [1.54, 1.807) is 11.3 Å². The number of benzene rings is 1. The van der Waals surface area contributed by atoms with Crippen LogP contribution in [0.4, 0.5) is 4.79 Å². The van der Waals surface area contributed by atoms with Gasteiger partial charge < -0.3 is 10.6 Å². The average molecular weight is 389 g/mol. The minimum Gasteiger partial charge on any atom is -0.336 e. The van der Waals surface area contributed by atoms with Gasteiger partial charge in [0.1, 0.15) is 6.04 Å². The highest BCUT2D eigenvalue weighted by atomic mass is 35.5. The van der Waals surface area contributed by atoms with Crippen LogP contribution in [0.1, 0.15) is 27.9 Å². The van der Waals surface area contributed by atoms with E-state index in [0.717, 1.165) is 21.8 Å². The van der Waals surface area contributed by atoms with Gasteiger partial charge in [-0.2, -0.15) is 5.10 Å². The van der Waals surface area contributed by atoms with Gasteiger partial charge in [-0.1, -0.05) is 29.8 Å². The molecule has 2 heterocycles. The fraction of sp³-hybridized carbons (Fsp3) is 0.263. The molecule has 1 atom stereocenters. The van der Waals surface area contributed by atoms with Crippen LogP contribution in [0.15, 0.2) is 47.8 Å². The summed E-state index contributed by atoms with van der Waals surface area (Å²) in [5.41, 5.74) is 3.04. The second kappa shape index (κ2) is 8.38. The van der Waals surface area contributed by atoms with Crippen LogP contribution in [0.2, 0.25) is 5.02 Å². The Hall–Kier alpha value is -2.31. The molecule has 0 saturated carbocycles. The average Bonchev–Trinajstić information content (AvgIpc) is 3.25. The van der Waals surface area contributed by atoms with Crippen LogP contribution >= 0.6 is 22.9 Å². The van der Waals surface area contributed by atoms with Gasteiger partial charge in [-0.3, -0.25) is 4.68 Å². The first kappa shape index (κ1) is 18.5. The van der Waals surface area contributed by atoms with Gasteiger partial charge in [0.15, 0.2) is 0 Å². The Morgan fingerprint density at radius 1 is 1.23 bits per heavy atom. The summed E-state index contributed by atoms with van der Waals surface area (Å²) >= 11 is 7.54. The maximum Gasteiger partial charge on any atom is 0.315 e. The number of nitrogens with zero attached hydrogens (tertiary/aromatic N) is 2. The van der Waals surface area contributed by atoms with Gasteiger partial charge in [0.25, 0.3) is 0 Å². The SMILES string of the molecule is Cc1cc(C)n(C(CNC(=O)NCc2ccc(Cl)cc2)c2cccs2)n1. The normalized spacial score (nSPS) is 12.0. The van der Waals surface area contributed by atoms with Gasteiger partial charge >= 0.3 is 6.03 Å². The van der Waals surface area contributed by atoms with E-state index in [0.29, 0.717) is 18.1 Å². The molecule has 2 amide bonds. The first-order chi connectivity index (χ1) is 12.5. The molecule has 0 fully saturated rings. The molecule has 3 rings (SSSR count). The summed E-state index contributed by atoms with van der Waals surface area (Å²) in [6.45, 7) is 4.92. The highest BCUT2D eigenvalue weighted by Gasteiger charge is 2.19. The molecule has 1 aromatic carbocycles. The molecule has 2 N–H and O–H groups in total. The molecule has 0 saturated heterocycles. The molecule has 26 heavy (non-hydrogen) atoms. The number of aryl methyl sites for hydroxylation is 2. The monoisotopic (exact) mass is 388 g/mol. The Kier molecular flexibility index (Phi) is 5.96. The number of amides is 2. The Bertz CT molecular complexity index is 858. The van der Waals surface area contributed by atoms with Crippen LogP contribution in [0.3, 0.4) is 0 Å². The molecule has 0 aliphatic carbocycles. The smallest absolute Gasteiger partial charge is 0.315 e. The first-order valence-corrected chi connectivity index (χ1v) is 9.61. The zero-order valence-electron chi connectivity index (χ0n) is 14.7. The summed E-state index contributed by atoms with van der Waals surface area (Å²) in [6, 6.07) is 13.3. The number of hydrogen-bond acceptors (Lipinski definition) is 3. The van der Waals surface area contributed by atoms with Gasteiger partial charge in [0.05, 0.1) is 5.69 Å². The highest BCUT2D eigenvalue weighted by Crippen LogP contribution is 2.24. The van der Waals surface area contributed by atoms with Crippen molar-refractivity contribution < 1.29 is 4.79 Å². The minimum atomic E-state index is -0.206. The number of urea groups is 1. The van der Waals surface area contributed by atoms with Crippen molar-refractivity contribution in [2.75, 3.05) is 6.54 Å². The fourth-order valence-corrected chi connectivity index (χ4v) is 3.72. The third kappa shape index (κ3) is 4.65. The van der Waals surface area contributed by atoms with E-state index < -0.39 is 0 Å². The van der Waals surface area contributed by atoms with Crippen molar-refractivity contribution in [1.82, 2.24) is 20.4 Å². The highest BCUT2D eigenvalue weighted by molar-refractivity contribution is 7.10. The summed E-state index contributed by atoms with van der Waals surface area (Å²) < 4.78 is 1.97. The summed E-state index contributed by atoms with van der Waals surface area (Å²) in [4.78, 5) is 13.4. The topological polar surface area (TPSA) is 59.0 Å². The Labute approximate surface area is 162 Å². The molecule has 0 bridgehead atoms. The van der Waals surface area contributed by atoms with Gasteiger partial charge in [-0.05, 0) is 49.1 Å². The third-order valence-electron chi connectivity index (χ3n) is 4.03. The fourth-order valence-electron chi connectivity index (χ4n) is 2.79. The van der Waals surface area contributed by atoms with Crippen LogP contribution in [0, 0.1) is 13.8 Å². The van der Waals surface area contributed by atoms with Crippen molar-refractivity contribution in [2.45, 2.75) is 26.4 Å². The van der Waals surface area contributed by atoms with Crippen molar-refractivity contribution >= 4 is 29.0 Å². The Balaban J connectivity index is 1.61. The van der Waals surface area contributed by atoms with Gasteiger partial charge in [0, 0.05) is 28.7 Å². The number of carbonyl (C=O) groups excluding carboxylic acids is 1. The molecule has 3 aromatic rings. The summed E-state index contributed by atoms with van der Waals surface area (Å²) in [7, 11) is 0. The zero-order valence-corrected chi connectivity index (χ0v) is 16.3. The van der Waals surface area contributed by atoms with Crippen molar-refractivity contribution in [3.63, 3.8) is 0 Å². The number of nitrogens with one attached hydrogen (secondary N) is 2. The number of carbonyl (C=O) groups is 1. The van der Waals surface area contributed by atoms with Gasteiger partial charge in [-0.25, -0.2) is 4.79 Å². The van der Waals surface area contributed by atoms with Crippen LogP contribution in [-0.2, 0) is 6.54 Å². The third-order valence-corrected chi connectivity index (χ3v) is 5.26. The number of halogens is 1. The molecule has 0 radical (unpaired) electrons. The van der Waals surface area contributed by atoms with E-state index in [2.05, 4.69) is 21.8 Å². The van der Waals surface area contributed by atoms with Crippen molar-refractivity contribution in [3.8, 4) is 0 Å². The zero-order chi connectivity index (χ0) is 18.5. The lowest BCUT2D eigenvalue weighted by molar-refractivity contribution is 0.239. The van der Waals surface area contributed by atoms with E-state index in [-0.39, 0.29) is 12.1 Å². The minimum absolute atomic E-state index is 0.0232. The molecule has 0 aliphatic rings. The van der Waals surface area contributed by atoms with E-state index in [4.69, 9.17) is 11.6 Å². The van der Waals surface area contributed by atoms with Crippen molar-refractivity contribution in [3.05, 3.63) is 74.7 Å². The second-order valence-corrected chi connectivity index (χ2v) is 7.51. The molecule has 7 heteroatoms. The lowest BCUT2D eigenvalue weighted by Crippen LogP contribution is -2.38. The molecule has 2 aromatic heterocycles. The van der Waals surface area contributed by atoms with Crippen molar-refractivity contribution in [1.29, 1.82) is 0 Å². The van der Waals surface area contributed by atoms with Crippen LogP contribution in [-0.4, -0.2) is 22.4 Å². The first-order valence-electron chi connectivity index (χ1n) is 8.35. The maximum atomic E-state index is 12.2. The van der Waals surface area contributed by atoms with E-state index in [9.17, 15) is 4.79 Å². The molecular weight excluding hydrogens is 368 g/mol. The summed E-state index contributed by atoms with van der Waals surface area (Å²) in [6.07, 6.45) is 0. The van der Waals surface area contributed by atoms with E-state index >= 15 is 0 Å². The Morgan fingerprint density at radius 2 is 2.00 bits per heavy atom. The van der Waals surface area contributed by atoms with Crippen LogP contribution in [0.25, 0.3) is 0 Å². The number of rotatable bonds is 6. The summed E-state index contributed by atoms with van der Waals surface area (Å²) in [5.74, 6) is 0. The lowest BCUT2D eigenvalue weighted by Gasteiger charge is -2.19. The predicted molar refractivity (Wildman–Crippen MR) is 106 cm³/mol. The van der Waals surface area contributed by atoms with Crippen molar-refractivity contribution in [2.24, 2.45) is 0 Å². The predicted octanol–water partition coefficient (Wildman–Crippen LogP) is 4.30.